The van der Waals surface area contributed by atoms with Crippen molar-refractivity contribution in [2.75, 3.05) is 10.6 Å². The van der Waals surface area contributed by atoms with Crippen LogP contribution in [0.4, 0.5) is 11.4 Å². The van der Waals surface area contributed by atoms with E-state index in [1.165, 1.54) is 12.1 Å². The van der Waals surface area contributed by atoms with Gasteiger partial charge in [-0.05, 0) is 48.5 Å². The molecule has 1 heterocycles. The topological polar surface area (TPSA) is 223 Å². The molecule has 0 aliphatic carbocycles. The van der Waals surface area contributed by atoms with Gasteiger partial charge in [0, 0.05) is 22.5 Å². The molecule has 3 rings (SSSR count). The Balaban J connectivity index is 2.04. The zero-order valence-electron chi connectivity index (χ0n) is 16.2. The molecule has 158 valence electrons. The number of furan rings is 1. The minimum Gasteiger partial charge on any atom is -0.456 e. The van der Waals surface area contributed by atoms with Crippen LogP contribution in [0, 0.1) is 10.8 Å². The van der Waals surface area contributed by atoms with Gasteiger partial charge in [0.25, 0.3) is 0 Å². The van der Waals surface area contributed by atoms with Crippen LogP contribution in [0.1, 0.15) is 20.7 Å². The van der Waals surface area contributed by atoms with Crippen LogP contribution in [0.5, 0.6) is 0 Å². The van der Waals surface area contributed by atoms with Gasteiger partial charge in [-0.2, -0.15) is 0 Å². The van der Waals surface area contributed by atoms with Crippen LogP contribution in [-0.2, 0) is 0 Å². The van der Waals surface area contributed by atoms with E-state index in [9.17, 15) is 9.59 Å². The fourth-order valence-electron chi connectivity index (χ4n) is 3.02. The van der Waals surface area contributed by atoms with E-state index < -0.39 is 11.8 Å². The molecule has 0 radical (unpaired) electrons. The van der Waals surface area contributed by atoms with E-state index in [-0.39, 0.29) is 23.0 Å². The molecule has 0 spiro atoms. The number of carbonyl (C=O) groups is 2. The van der Waals surface area contributed by atoms with Gasteiger partial charge >= 0.3 is 0 Å². The molecule has 11 nitrogen and oxygen atoms in total. The van der Waals surface area contributed by atoms with E-state index in [4.69, 9.17) is 38.2 Å². The van der Waals surface area contributed by atoms with Crippen molar-refractivity contribution in [1.82, 2.24) is 0 Å². The number of nitrogens with two attached hydrogens (primary N) is 4. The van der Waals surface area contributed by atoms with Gasteiger partial charge < -0.3 is 38.0 Å². The Hall–Kier alpha value is -4.80. The number of guanidine groups is 2. The van der Waals surface area contributed by atoms with Crippen LogP contribution in [0.3, 0.4) is 0 Å². The van der Waals surface area contributed by atoms with Gasteiger partial charge in [0.15, 0.2) is 11.9 Å². The minimum absolute atomic E-state index is 0.156. The molecule has 2 amide bonds. The third kappa shape index (κ3) is 4.62. The Morgan fingerprint density at radius 2 is 1.06 bits per heavy atom. The van der Waals surface area contributed by atoms with Gasteiger partial charge in [0.05, 0.1) is 11.1 Å². The van der Waals surface area contributed by atoms with E-state index in [1.54, 1.807) is 36.4 Å². The molecule has 2 aromatic carbocycles. The van der Waals surface area contributed by atoms with Crippen molar-refractivity contribution in [2.24, 2.45) is 22.9 Å². The first-order chi connectivity index (χ1) is 14.7. The third-order valence-corrected chi connectivity index (χ3v) is 4.26. The number of anilines is 2. The lowest BCUT2D eigenvalue weighted by Crippen LogP contribution is -2.21. The summed E-state index contributed by atoms with van der Waals surface area (Å²) in [5, 5.41) is 19.8. The highest BCUT2D eigenvalue weighted by Crippen LogP contribution is 2.34. The van der Waals surface area contributed by atoms with Crippen LogP contribution >= 0.6 is 0 Å². The summed E-state index contributed by atoms with van der Waals surface area (Å²) in [6.45, 7) is 0. The van der Waals surface area contributed by atoms with Gasteiger partial charge in [-0.3, -0.25) is 20.4 Å². The number of primary amides is 2. The number of nitrogens with one attached hydrogen (secondary N) is 4. The van der Waals surface area contributed by atoms with Crippen molar-refractivity contribution < 1.29 is 14.0 Å². The van der Waals surface area contributed by atoms with Crippen molar-refractivity contribution in [3.8, 4) is 22.6 Å². The average Bonchev–Trinajstić information content (AvgIpc) is 3.16. The van der Waals surface area contributed by atoms with Gasteiger partial charge in [0.1, 0.15) is 11.5 Å². The zero-order chi connectivity index (χ0) is 22.7. The highest BCUT2D eigenvalue weighted by molar-refractivity contribution is 6.03. The maximum Gasteiger partial charge on any atom is 0.249 e. The first-order valence-electron chi connectivity index (χ1n) is 8.86. The molecule has 0 aliphatic rings. The summed E-state index contributed by atoms with van der Waals surface area (Å²) in [6.07, 6.45) is 0. The van der Waals surface area contributed by atoms with Crippen LogP contribution in [0.15, 0.2) is 52.9 Å². The van der Waals surface area contributed by atoms with Gasteiger partial charge in [-0.15, -0.1) is 0 Å². The summed E-state index contributed by atoms with van der Waals surface area (Å²) >= 11 is 0. The van der Waals surface area contributed by atoms with Gasteiger partial charge in [-0.1, -0.05) is 0 Å². The summed E-state index contributed by atoms with van der Waals surface area (Å²) in [4.78, 5) is 23.9. The number of hydrogen-bond acceptors (Lipinski definition) is 5. The minimum atomic E-state index is -0.697. The normalized spacial score (nSPS) is 10.3. The lowest BCUT2D eigenvalue weighted by molar-refractivity contribution is 0.0992. The summed E-state index contributed by atoms with van der Waals surface area (Å²) in [6, 6.07) is 12.6. The quantitative estimate of drug-likeness (QED) is 0.216. The maximum absolute atomic E-state index is 12.0. The van der Waals surface area contributed by atoms with Crippen LogP contribution in [0.25, 0.3) is 22.6 Å². The summed E-state index contributed by atoms with van der Waals surface area (Å²) in [5.74, 6) is -1.30. The highest BCUT2D eigenvalue weighted by Gasteiger charge is 2.18. The smallest absolute Gasteiger partial charge is 0.249 e. The van der Waals surface area contributed by atoms with Crippen molar-refractivity contribution in [3.05, 3.63) is 59.7 Å². The molecule has 0 aliphatic heterocycles. The molecule has 1 aromatic heterocycles. The maximum atomic E-state index is 12.0. The van der Waals surface area contributed by atoms with Crippen LogP contribution < -0.4 is 33.6 Å². The molecular weight excluding hydrogens is 400 g/mol. The molecule has 0 saturated carbocycles. The Morgan fingerprint density at radius 3 is 1.39 bits per heavy atom. The Bertz CT molecular complexity index is 1120. The van der Waals surface area contributed by atoms with Crippen molar-refractivity contribution in [1.29, 1.82) is 10.8 Å². The Labute approximate surface area is 176 Å². The fourth-order valence-corrected chi connectivity index (χ4v) is 3.02. The van der Waals surface area contributed by atoms with E-state index >= 15 is 0 Å². The van der Waals surface area contributed by atoms with Gasteiger partial charge in [0.2, 0.25) is 11.8 Å². The molecule has 0 saturated heterocycles. The van der Waals surface area contributed by atoms with Crippen LogP contribution in [0.2, 0.25) is 0 Å². The highest BCUT2D eigenvalue weighted by atomic mass is 16.3. The second-order valence-electron chi connectivity index (χ2n) is 6.49. The zero-order valence-corrected chi connectivity index (χ0v) is 16.2. The SMILES string of the molecule is N=C(N)Nc1ccc(-c2ccc(-c3ccc(NC(=N)N)cc3C(N)=O)o2)c(C(N)=O)c1. The number of hydrogen-bond donors (Lipinski definition) is 8. The molecule has 11 heteroatoms. The summed E-state index contributed by atoms with van der Waals surface area (Å²) in [5.41, 5.74) is 23.6. The third-order valence-electron chi connectivity index (χ3n) is 4.26. The van der Waals surface area contributed by atoms with Crippen LogP contribution in [-0.4, -0.2) is 23.7 Å². The van der Waals surface area contributed by atoms with E-state index in [1.807, 2.05) is 0 Å². The number of rotatable bonds is 6. The number of benzene rings is 2. The first kappa shape index (κ1) is 20.9. The number of carbonyl (C=O) groups excluding carboxylic acids is 2. The molecule has 3 aromatic rings. The molecule has 0 fully saturated rings. The predicted molar refractivity (Wildman–Crippen MR) is 118 cm³/mol. The van der Waals surface area contributed by atoms with E-state index in [0.717, 1.165) is 0 Å². The van der Waals surface area contributed by atoms with Crippen molar-refractivity contribution in [2.45, 2.75) is 0 Å². The van der Waals surface area contributed by atoms with E-state index in [2.05, 4.69) is 10.6 Å². The lowest BCUT2D eigenvalue weighted by atomic mass is 10.0. The number of amides is 2. The largest absolute Gasteiger partial charge is 0.456 e. The molecule has 0 atom stereocenters. The first-order valence-corrected chi connectivity index (χ1v) is 8.86. The molecule has 31 heavy (non-hydrogen) atoms. The molecule has 0 bridgehead atoms. The van der Waals surface area contributed by atoms with E-state index in [0.29, 0.717) is 34.0 Å². The summed E-state index contributed by atoms with van der Waals surface area (Å²) in [7, 11) is 0. The second kappa shape index (κ2) is 8.29. The van der Waals surface area contributed by atoms with Crippen molar-refractivity contribution in [3.63, 3.8) is 0 Å². The average molecular weight is 420 g/mol. The standard InChI is InChI=1S/C20H20N8O3/c21-17(29)13-7-9(27-19(23)24)1-3-11(13)15-5-6-16(31-15)12-4-2-10(28-20(25)26)8-14(12)18(22)30/h1-8H,(H2,21,29)(H2,22,30)(H4,23,24,27)(H4,25,26,28). The predicted octanol–water partition coefficient (Wildman–Crippen LogP) is 1.42. The molecular formula is C20H20N8O3. The van der Waals surface area contributed by atoms with Gasteiger partial charge in [-0.25, -0.2) is 0 Å². The fraction of sp³-hybridized carbons (Fsp3) is 0. The monoisotopic (exact) mass is 420 g/mol. The second-order valence-corrected chi connectivity index (χ2v) is 6.49. The Morgan fingerprint density at radius 1 is 0.677 bits per heavy atom. The lowest BCUT2D eigenvalue weighted by Gasteiger charge is -2.10. The molecule has 12 N–H and O–H groups in total. The molecule has 0 unspecified atom stereocenters. The van der Waals surface area contributed by atoms with Crippen molar-refractivity contribution >= 4 is 35.1 Å². The Kier molecular flexibility index (Phi) is 5.59. The summed E-state index contributed by atoms with van der Waals surface area (Å²) < 4.78 is 5.89.